The van der Waals surface area contributed by atoms with E-state index in [-0.39, 0.29) is 43.6 Å². The standard InChI is InChI=1S/C13H16F2N2O4S/c1-21-9-13(18)16-4-6-17(7-5-16)22(19,20)10-2-3-11(14)12(15)8-10/h2-3,8H,4-7,9H2,1H3. The molecule has 6 nitrogen and oxygen atoms in total. The molecule has 1 fully saturated rings. The van der Waals surface area contributed by atoms with Gasteiger partial charge in [0.2, 0.25) is 15.9 Å². The maximum Gasteiger partial charge on any atom is 0.248 e. The zero-order valence-corrected chi connectivity index (χ0v) is 12.8. The fourth-order valence-electron chi connectivity index (χ4n) is 2.18. The van der Waals surface area contributed by atoms with Gasteiger partial charge in [-0.05, 0) is 18.2 Å². The van der Waals surface area contributed by atoms with Crippen molar-refractivity contribution in [3.63, 3.8) is 0 Å². The first-order chi connectivity index (χ1) is 10.4. The summed E-state index contributed by atoms with van der Waals surface area (Å²) in [5, 5.41) is 0. The molecular weight excluding hydrogens is 318 g/mol. The Morgan fingerprint density at radius 3 is 2.36 bits per heavy atom. The van der Waals surface area contributed by atoms with Crippen LogP contribution in [0.4, 0.5) is 8.78 Å². The van der Waals surface area contributed by atoms with E-state index in [1.165, 1.54) is 12.0 Å². The number of ether oxygens (including phenoxy) is 1. The molecule has 1 amide bonds. The smallest absolute Gasteiger partial charge is 0.248 e. The number of amides is 1. The zero-order chi connectivity index (χ0) is 16.3. The lowest BCUT2D eigenvalue weighted by molar-refractivity contribution is -0.136. The van der Waals surface area contributed by atoms with Gasteiger partial charge < -0.3 is 9.64 Å². The van der Waals surface area contributed by atoms with E-state index in [9.17, 15) is 22.0 Å². The summed E-state index contributed by atoms with van der Waals surface area (Å²) in [6.07, 6.45) is 0. The molecule has 0 unspecified atom stereocenters. The van der Waals surface area contributed by atoms with E-state index in [2.05, 4.69) is 0 Å². The number of methoxy groups -OCH3 is 1. The van der Waals surface area contributed by atoms with Gasteiger partial charge in [-0.15, -0.1) is 0 Å². The van der Waals surface area contributed by atoms with E-state index in [4.69, 9.17) is 4.74 Å². The second-order valence-corrected chi connectivity index (χ2v) is 6.73. The Bertz CT molecular complexity index is 658. The molecule has 1 aliphatic rings. The van der Waals surface area contributed by atoms with Crippen molar-refractivity contribution in [2.75, 3.05) is 39.9 Å². The summed E-state index contributed by atoms with van der Waals surface area (Å²) in [4.78, 5) is 12.8. The lowest BCUT2D eigenvalue weighted by Crippen LogP contribution is -2.51. The fourth-order valence-corrected chi connectivity index (χ4v) is 3.61. The van der Waals surface area contributed by atoms with Crippen molar-refractivity contribution in [1.82, 2.24) is 9.21 Å². The van der Waals surface area contributed by atoms with Crippen LogP contribution in [-0.2, 0) is 19.6 Å². The summed E-state index contributed by atoms with van der Waals surface area (Å²) in [5.41, 5.74) is 0. The fraction of sp³-hybridized carbons (Fsp3) is 0.462. The van der Waals surface area contributed by atoms with Crippen LogP contribution < -0.4 is 0 Å². The summed E-state index contributed by atoms with van der Waals surface area (Å²) in [5.74, 6) is -2.53. The summed E-state index contributed by atoms with van der Waals surface area (Å²) in [6, 6.07) is 2.46. The average Bonchev–Trinajstić information content (AvgIpc) is 2.50. The molecule has 0 radical (unpaired) electrons. The van der Waals surface area contributed by atoms with Crippen LogP contribution in [-0.4, -0.2) is 63.4 Å². The molecule has 9 heteroatoms. The predicted octanol–water partition coefficient (Wildman–Crippen LogP) is 0.444. The highest BCUT2D eigenvalue weighted by atomic mass is 32.2. The van der Waals surface area contributed by atoms with Crippen LogP contribution in [0.3, 0.4) is 0 Å². The molecule has 0 saturated carbocycles. The third-order valence-corrected chi connectivity index (χ3v) is 5.28. The average molecular weight is 334 g/mol. The van der Waals surface area contributed by atoms with Crippen LogP contribution in [0.5, 0.6) is 0 Å². The minimum Gasteiger partial charge on any atom is -0.375 e. The maximum absolute atomic E-state index is 13.2. The molecule has 1 aromatic rings. The monoisotopic (exact) mass is 334 g/mol. The molecule has 0 N–H and O–H groups in total. The second kappa shape index (κ2) is 6.67. The number of rotatable bonds is 4. The number of piperazine rings is 1. The van der Waals surface area contributed by atoms with Crippen LogP contribution in [0.15, 0.2) is 23.1 Å². The third-order valence-electron chi connectivity index (χ3n) is 3.39. The number of nitrogens with zero attached hydrogens (tertiary/aromatic N) is 2. The Kier molecular flexibility index (Phi) is 5.09. The number of benzene rings is 1. The van der Waals surface area contributed by atoms with Crippen LogP contribution in [0.2, 0.25) is 0 Å². The van der Waals surface area contributed by atoms with Crippen molar-refractivity contribution >= 4 is 15.9 Å². The summed E-state index contributed by atoms with van der Waals surface area (Å²) < 4.78 is 56.7. The molecule has 122 valence electrons. The third kappa shape index (κ3) is 3.42. The lowest BCUT2D eigenvalue weighted by atomic mass is 10.3. The predicted molar refractivity (Wildman–Crippen MR) is 73.6 cm³/mol. The van der Waals surface area contributed by atoms with E-state index in [1.54, 1.807) is 0 Å². The van der Waals surface area contributed by atoms with E-state index in [0.717, 1.165) is 16.4 Å². The highest BCUT2D eigenvalue weighted by Crippen LogP contribution is 2.19. The van der Waals surface area contributed by atoms with Gasteiger partial charge in [0.25, 0.3) is 0 Å². The Morgan fingerprint density at radius 1 is 1.18 bits per heavy atom. The van der Waals surface area contributed by atoms with Crippen molar-refractivity contribution in [3.8, 4) is 0 Å². The minimum absolute atomic E-state index is 0.0596. The lowest BCUT2D eigenvalue weighted by Gasteiger charge is -2.33. The van der Waals surface area contributed by atoms with Crippen LogP contribution >= 0.6 is 0 Å². The van der Waals surface area contributed by atoms with Crippen molar-refractivity contribution in [2.45, 2.75) is 4.90 Å². The molecule has 0 aromatic heterocycles. The first-order valence-corrected chi connectivity index (χ1v) is 8.02. The van der Waals surface area contributed by atoms with Crippen LogP contribution in [0, 0.1) is 11.6 Å². The van der Waals surface area contributed by atoms with Crippen LogP contribution in [0.25, 0.3) is 0 Å². The Hall–Kier alpha value is -1.58. The first-order valence-electron chi connectivity index (χ1n) is 6.58. The summed E-state index contributed by atoms with van der Waals surface area (Å²) >= 11 is 0. The highest BCUT2D eigenvalue weighted by molar-refractivity contribution is 7.89. The van der Waals surface area contributed by atoms with Gasteiger partial charge >= 0.3 is 0 Å². The topological polar surface area (TPSA) is 66.9 Å². The van der Waals surface area contributed by atoms with E-state index in [1.807, 2.05) is 0 Å². The Balaban J connectivity index is 2.09. The van der Waals surface area contributed by atoms with Gasteiger partial charge in [-0.2, -0.15) is 4.31 Å². The number of halogens is 2. The number of sulfonamides is 1. The van der Waals surface area contributed by atoms with E-state index >= 15 is 0 Å². The van der Waals surface area contributed by atoms with E-state index in [0.29, 0.717) is 6.07 Å². The van der Waals surface area contributed by atoms with Gasteiger partial charge in [-0.3, -0.25) is 4.79 Å². The number of carbonyl (C=O) groups excluding carboxylic acids is 1. The molecule has 0 atom stereocenters. The molecule has 1 aliphatic heterocycles. The van der Waals surface area contributed by atoms with Gasteiger partial charge in [0.15, 0.2) is 11.6 Å². The Morgan fingerprint density at radius 2 is 1.82 bits per heavy atom. The molecular formula is C13H16F2N2O4S. The molecule has 1 aromatic carbocycles. The van der Waals surface area contributed by atoms with Crippen molar-refractivity contribution in [2.24, 2.45) is 0 Å². The molecule has 1 heterocycles. The maximum atomic E-state index is 13.2. The van der Waals surface area contributed by atoms with E-state index < -0.39 is 21.7 Å². The normalized spacial score (nSPS) is 16.8. The van der Waals surface area contributed by atoms with Crippen molar-refractivity contribution < 1.29 is 26.7 Å². The first kappa shape index (κ1) is 16.8. The minimum atomic E-state index is -3.91. The molecule has 0 bridgehead atoms. The largest absolute Gasteiger partial charge is 0.375 e. The van der Waals surface area contributed by atoms with Gasteiger partial charge in [0, 0.05) is 33.3 Å². The number of carbonyl (C=O) groups is 1. The molecule has 22 heavy (non-hydrogen) atoms. The van der Waals surface area contributed by atoms with Gasteiger partial charge in [0.1, 0.15) is 6.61 Å². The summed E-state index contributed by atoms with van der Waals surface area (Å²) in [6.45, 7) is 0.583. The number of hydrogen-bond acceptors (Lipinski definition) is 4. The number of hydrogen-bond donors (Lipinski definition) is 0. The van der Waals surface area contributed by atoms with Gasteiger partial charge in [-0.1, -0.05) is 0 Å². The molecule has 1 saturated heterocycles. The van der Waals surface area contributed by atoms with Gasteiger partial charge in [-0.25, -0.2) is 17.2 Å². The summed E-state index contributed by atoms with van der Waals surface area (Å²) in [7, 11) is -2.50. The Labute approximate surface area is 127 Å². The molecule has 0 aliphatic carbocycles. The van der Waals surface area contributed by atoms with Crippen molar-refractivity contribution in [1.29, 1.82) is 0 Å². The SMILES string of the molecule is COCC(=O)N1CCN(S(=O)(=O)c2ccc(F)c(F)c2)CC1. The van der Waals surface area contributed by atoms with Crippen molar-refractivity contribution in [3.05, 3.63) is 29.8 Å². The molecule has 0 spiro atoms. The van der Waals surface area contributed by atoms with Gasteiger partial charge in [0.05, 0.1) is 4.90 Å². The zero-order valence-electron chi connectivity index (χ0n) is 12.0. The highest BCUT2D eigenvalue weighted by Gasteiger charge is 2.30. The van der Waals surface area contributed by atoms with Crippen LogP contribution in [0.1, 0.15) is 0 Å². The quantitative estimate of drug-likeness (QED) is 0.802. The molecule has 2 rings (SSSR count). The second-order valence-electron chi connectivity index (χ2n) is 4.79.